The fourth-order valence-electron chi connectivity index (χ4n) is 1.11. The predicted octanol–water partition coefficient (Wildman–Crippen LogP) is 0.477. The number of aromatic nitrogens is 4. The normalized spacial score (nSPS) is 10.0. The lowest BCUT2D eigenvalue weighted by Crippen LogP contribution is -2.00. The van der Waals surface area contributed by atoms with Gasteiger partial charge in [0.1, 0.15) is 5.75 Å². The number of benzene rings is 1. The lowest BCUT2D eigenvalue weighted by Gasteiger charge is -2.03. The van der Waals surface area contributed by atoms with Gasteiger partial charge in [0.15, 0.2) is 6.61 Å². The van der Waals surface area contributed by atoms with Crippen molar-refractivity contribution in [3.63, 3.8) is 0 Å². The van der Waals surface area contributed by atoms with E-state index >= 15 is 0 Å². The Morgan fingerprint density at radius 2 is 2.38 bits per heavy atom. The van der Waals surface area contributed by atoms with Crippen LogP contribution in [-0.4, -0.2) is 31.7 Å². The fraction of sp³-hybridized carbons (Fsp3) is 0.111. The summed E-state index contributed by atoms with van der Waals surface area (Å²) < 4.78 is 5.29. The number of carbonyl (C=O) groups is 1. The SMILES string of the molecule is O=C(O)c1cccc(OCc2nn[nH]n2)c1. The molecular formula is C9H8N4O3. The smallest absolute Gasteiger partial charge is 0.335 e. The van der Waals surface area contributed by atoms with Crippen molar-refractivity contribution >= 4 is 5.97 Å². The van der Waals surface area contributed by atoms with Crippen LogP contribution in [0.2, 0.25) is 0 Å². The van der Waals surface area contributed by atoms with Crippen molar-refractivity contribution in [2.75, 3.05) is 0 Å². The number of carboxylic acid groups (broad SMARTS) is 1. The van der Waals surface area contributed by atoms with Gasteiger partial charge < -0.3 is 9.84 Å². The van der Waals surface area contributed by atoms with Crippen molar-refractivity contribution in [2.24, 2.45) is 0 Å². The second-order valence-electron chi connectivity index (χ2n) is 2.95. The molecule has 0 aliphatic heterocycles. The van der Waals surface area contributed by atoms with E-state index in [1.54, 1.807) is 12.1 Å². The molecule has 16 heavy (non-hydrogen) atoms. The van der Waals surface area contributed by atoms with Crippen LogP contribution < -0.4 is 4.74 Å². The molecule has 0 spiro atoms. The maximum absolute atomic E-state index is 10.7. The van der Waals surface area contributed by atoms with E-state index in [1.807, 2.05) is 0 Å². The number of nitrogens with one attached hydrogen (secondary N) is 1. The second kappa shape index (κ2) is 4.39. The highest BCUT2D eigenvalue weighted by Gasteiger charge is 2.04. The first kappa shape index (κ1) is 10.1. The molecule has 2 rings (SSSR count). The largest absolute Gasteiger partial charge is 0.485 e. The minimum absolute atomic E-state index is 0.138. The highest BCUT2D eigenvalue weighted by Crippen LogP contribution is 2.14. The summed E-state index contributed by atoms with van der Waals surface area (Å²) in [5.74, 6) is -0.143. The predicted molar refractivity (Wildman–Crippen MR) is 51.9 cm³/mol. The van der Waals surface area contributed by atoms with Gasteiger partial charge >= 0.3 is 5.97 Å². The van der Waals surface area contributed by atoms with E-state index in [-0.39, 0.29) is 12.2 Å². The lowest BCUT2D eigenvalue weighted by molar-refractivity contribution is 0.0696. The Hall–Kier alpha value is -2.44. The number of nitrogens with zero attached hydrogens (tertiary/aromatic N) is 3. The molecule has 0 radical (unpaired) electrons. The van der Waals surface area contributed by atoms with Crippen LogP contribution in [0.15, 0.2) is 24.3 Å². The molecule has 0 bridgehead atoms. The number of rotatable bonds is 4. The van der Waals surface area contributed by atoms with Gasteiger partial charge in [-0.1, -0.05) is 11.3 Å². The standard InChI is InChI=1S/C9H8N4O3/c14-9(15)6-2-1-3-7(4-6)16-5-8-10-12-13-11-8/h1-4H,5H2,(H,14,15)(H,10,11,12,13). The number of hydrogen-bond acceptors (Lipinski definition) is 5. The molecule has 0 aliphatic rings. The zero-order valence-electron chi connectivity index (χ0n) is 8.12. The summed E-state index contributed by atoms with van der Waals surface area (Å²) >= 11 is 0. The Balaban J connectivity index is 2.04. The van der Waals surface area contributed by atoms with Crippen LogP contribution in [0.4, 0.5) is 0 Å². The monoisotopic (exact) mass is 220 g/mol. The molecule has 82 valence electrons. The first-order chi connectivity index (χ1) is 7.75. The molecule has 0 fully saturated rings. The average Bonchev–Trinajstić information content (AvgIpc) is 2.79. The Kier molecular flexibility index (Phi) is 2.77. The van der Waals surface area contributed by atoms with Gasteiger partial charge in [0.2, 0.25) is 5.82 Å². The Morgan fingerprint density at radius 3 is 3.06 bits per heavy atom. The Morgan fingerprint density at radius 1 is 1.50 bits per heavy atom. The fourth-order valence-corrected chi connectivity index (χ4v) is 1.11. The van der Waals surface area contributed by atoms with E-state index in [0.717, 1.165) is 0 Å². The zero-order valence-corrected chi connectivity index (χ0v) is 8.12. The maximum atomic E-state index is 10.7. The van der Waals surface area contributed by atoms with Crippen molar-refractivity contribution in [2.45, 2.75) is 6.61 Å². The lowest BCUT2D eigenvalue weighted by atomic mass is 10.2. The van der Waals surface area contributed by atoms with E-state index in [9.17, 15) is 4.79 Å². The third kappa shape index (κ3) is 2.32. The van der Waals surface area contributed by atoms with Gasteiger partial charge in [0, 0.05) is 0 Å². The molecule has 7 nitrogen and oxygen atoms in total. The first-order valence-corrected chi connectivity index (χ1v) is 4.44. The molecule has 2 N–H and O–H groups in total. The third-order valence-corrected chi connectivity index (χ3v) is 1.84. The number of H-pyrrole nitrogens is 1. The van der Waals surface area contributed by atoms with Gasteiger partial charge in [-0.15, -0.1) is 10.2 Å². The first-order valence-electron chi connectivity index (χ1n) is 4.44. The molecule has 7 heteroatoms. The van der Waals surface area contributed by atoms with Crippen molar-refractivity contribution < 1.29 is 14.6 Å². The molecule has 0 unspecified atom stereocenters. The van der Waals surface area contributed by atoms with E-state index < -0.39 is 5.97 Å². The summed E-state index contributed by atoms with van der Waals surface area (Å²) in [6, 6.07) is 6.19. The maximum Gasteiger partial charge on any atom is 0.335 e. The summed E-state index contributed by atoms with van der Waals surface area (Å²) in [5, 5.41) is 21.8. The Bertz CT molecular complexity index is 483. The molecular weight excluding hydrogens is 212 g/mol. The number of tetrazole rings is 1. The molecule has 0 atom stereocenters. The molecule has 0 saturated heterocycles. The topological polar surface area (TPSA) is 101 Å². The summed E-state index contributed by atoms with van der Waals surface area (Å²) in [7, 11) is 0. The average molecular weight is 220 g/mol. The highest BCUT2D eigenvalue weighted by atomic mass is 16.5. The van der Waals surface area contributed by atoms with Crippen molar-refractivity contribution in [3.8, 4) is 5.75 Å². The molecule has 0 aliphatic carbocycles. The van der Waals surface area contributed by atoms with Crippen LogP contribution in [0, 0.1) is 0 Å². The summed E-state index contributed by atoms with van der Waals surface area (Å²) in [6.07, 6.45) is 0. The van der Waals surface area contributed by atoms with Crippen LogP contribution in [-0.2, 0) is 6.61 Å². The summed E-state index contributed by atoms with van der Waals surface area (Å²) in [5.41, 5.74) is 0.172. The number of aromatic carboxylic acids is 1. The molecule has 1 aromatic heterocycles. The minimum atomic E-state index is -0.995. The van der Waals surface area contributed by atoms with Crippen LogP contribution >= 0.6 is 0 Å². The molecule has 0 saturated carbocycles. The second-order valence-corrected chi connectivity index (χ2v) is 2.95. The molecule has 1 aromatic carbocycles. The van der Waals surface area contributed by atoms with Crippen molar-refractivity contribution in [1.29, 1.82) is 0 Å². The number of aromatic amines is 1. The molecule has 2 aromatic rings. The number of carboxylic acids is 1. The van der Waals surface area contributed by atoms with Gasteiger partial charge in [0.25, 0.3) is 0 Å². The van der Waals surface area contributed by atoms with Crippen molar-refractivity contribution in [3.05, 3.63) is 35.7 Å². The quantitative estimate of drug-likeness (QED) is 0.776. The summed E-state index contributed by atoms with van der Waals surface area (Å²) in [6.45, 7) is 0.138. The molecule has 0 amide bonds. The van der Waals surface area contributed by atoms with Crippen LogP contribution in [0.3, 0.4) is 0 Å². The van der Waals surface area contributed by atoms with Crippen molar-refractivity contribution in [1.82, 2.24) is 20.6 Å². The van der Waals surface area contributed by atoms with Crippen LogP contribution in [0.5, 0.6) is 5.75 Å². The van der Waals surface area contributed by atoms with Gasteiger partial charge in [-0.05, 0) is 18.2 Å². The highest BCUT2D eigenvalue weighted by molar-refractivity contribution is 5.87. The third-order valence-electron chi connectivity index (χ3n) is 1.84. The van der Waals surface area contributed by atoms with Crippen LogP contribution in [0.25, 0.3) is 0 Å². The van der Waals surface area contributed by atoms with E-state index in [0.29, 0.717) is 11.6 Å². The van der Waals surface area contributed by atoms with E-state index in [1.165, 1.54) is 12.1 Å². The van der Waals surface area contributed by atoms with E-state index in [4.69, 9.17) is 9.84 Å². The van der Waals surface area contributed by atoms with Gasteiger partial charge in [-0.2, -0.15) is 5.21 Å². The summed E-state index contributed by atoms with van der Waals surface area (Å²) in [4.78, 5) is 10.7. The van der Waals surface area contributed by atoms with Gasteiger partial charge in [-0.25, -0.2) is 4.79 Å². The van der Waals surface area contributed by atoms with E-state index in [2.05, 4.69) is 20.6 Å². The van der Waals surface area contributed by atoms with Gasteiger partial charge in [-0.3, -0.25) is 0 Å². The minimum Gasteiger partial charge on any atom is -0.485 e. The number of ether oxygens (including phenoxy) is 1. The zero-order chi connectivity index (χ0) is 11.4. The Labute approximate surface area is 90.1 Å². The molecule has 1 heterocycles. The number of hydrogen-bond donors (Lipinski definition) is 2. The van der Waals surface area contributed by atoms with Crippen LogP contribution in [0.1, 0.15) is 16.2 Å². The van der Waals surface area contributed by atoms with Gasteiger partial charge in [0.05, 0.1) is 5.56 Å².